The van der Waals surface area contributed by atoms with Gasteiger partial charge in [-0.1, -0.05) is 11.6 Å². The highest BCUT2D eigenvalue weighted by molar-refractivity contribution is 6.34. The highest BCUT2D eigenvalue weighted by atomic mass is 35.5. The van der Waals surface area contributed by atoms with E-state index in [9.17, 15) is 13.6 Å². The molecule has 2 N–H and O–H groups in total. The van der Waals surface area contributed by atoms with Crippen LogP contribution in [-0.2, 0) is 0 Å². The number of nitrogens with one attached hydrogen (secondary N) is 2. The van der Waals surface area contributed by atoms with E-state index in [0.717, 1.165) is 12.1 Å². The van der Waals surface area contributed by atoms with Crippen LogP contribution in [0.4, 0.5) is 8.78 Å². The van der Waals surface area contributed by atoms with Gasteiger partial charge in [-0.3, -0.25) is 20.5 Å². The van der Waals surface area contributed by atoms with Gasteiger partial charge in [0.2, 0.25) is 0 Å². The smallest absolute Gasteiger partial charge is 0.257 e. The molecule has 0 aliphatic carbocycles. The summed E-state index contributed by atoms with van der Waals surface area (Å²) in [6.45, 7) is 1.71. The first-order chi connectivity index (χ1) is 12.8. The lowest BCUT2D eigenvalue weighted by molar-refractivity contribution is 0.0977. The summed E-state index contributed by atoms with van der Waals surface area (Å²) in [5.41, 5.74) is 1.73. The van der Waals surface area contributed by atoms with Gasteiger partial charge in [-0.25, -0.2) is 8.78 Å². The van der Waals surface area contributed by atoms with Crippen LogP contribution in [0.25, 0.3) is 22.0 Å². The number of aromatic nitrogens is 1. The second-order valence-corrected chi connectivity index (χ2v) is 6.17. The van der Waals surface area contributed by atoms with E-state index in [2.05, 4.69) is 10.3 Å². The first-order valence-corrected chi connectivity index (χ1v) is 8.10. The van der Waals surface area contributed by atoms with E-state index in [1.165, 1.54) is 12.1 Å². The van der Waals surface area contributed by atoms with Crippen LogP contribution in [0.15, 0.2) is 36.5 Å². The number of benzene rings is 2. The molecule has 3 aromatic rings. The fourth-order valence-corrected chi connectivity index (χ4v) is 3.06. The molecule has 0 fully saturated rings. The Balaban J connectivity index is 2.26. The van der Waals surface area contributed by atoms with Crippen LogP contribution in [0.5, 0.6) is 0 Å². The van der Waals surface area contributed by atoms with Crippen molar-refractivity contribution >= 4 is 34.2 Å². The Labute approximate surface area is 158 Å². The molecular formula is C20H12ClF2N3O. The Morgan fingerprint density at radius 1 is 1.26 bits per heavy atom. The number of halogens is 3. The molecule has 0 unspecified atom stereocenters. The van der Waals surface area contributed by atoms with Gasteiger partial charge in [-0.15, -0.1) is 6.42 Å². The minimum absolute atomic E-state index is 0.0249. The van der Waals surface area contributed by atoms with Crippen molar-refractivity contribution in [2.45, 2.75) is 6.92 Å². The summed E-state index contributed by atoms with van der Waals surface area (Å²) in [5, 5.41) is 10.0. The second-order valence-electron chi connectivity index (χ2n) is 5.77. The molecule has 134 valence electrons. The van der Waals surface area contributed by atoms with Gasteiger partial charge in [-0.2, -0.15) is 0 Å². The third-order valence-corrected chi connectivity index (χ3v) is 4.26. The predicted molar refractivity (Wildman–Crippen MR) is 101 cm³/mol. The standard InChI is InChI=1S/C20H12ClF2N3O/c1-3-17(24)26-20(27)11-4-5-16-13(6-11)18(10(2)9-25-16)19-14(21)7-12(22)8-15(19)23/h1,4-9H,2H3,(H2,24,26,27). The van der Waals surface area contributed by atoms with Crippen LogP contribution in [0, 0.1) is 36.3 Å². The highest BCUT2D eigenvalue weighted by Gasteiger charge is 2.19. The van der Waals surface area contributed by atoms with Crippen LogP contribution in [0.3, 0.4) is 0 Å². The molecule has 0 bridgehead atoms. The van der Waals surface area contributed by atoms with Gasteiger partial charge in [0.1, 0.15) is 11.6 Å². The lowest BCUT2D eigenvalue weighted by Crippen LogP contribution is -2.28. The average molecular weight is 384 g/mol. The van der Waals surface area contributed by atoms with Crippen molar-refractivity contribution < 1.29 is 13.6 Å². The Hall–Kier alpha value is -3.30. The summed E-state index contributed by atoms with van der Waals surface area (Å²) in [4.78, 5) is 16.5. The van der Waals surface area contributed by atoms with Gasteiger partial charge in [0.05, 0.1) is 10.5 Å². The molecule has 0 aliphatic rings. The number of pyridine rings is 1. The molecule has 0 aliphatic heterocycles. The van der Waals surface area contributed by atoms with Crippen molar-refractivity contribution in [3.8, 4) is 23.5 Å². The van der Waals surface area contributed by atoms with E-state index in [1.54, 1.807) is 19.2 Å². The quantitative estimate of drug-likeness (QED) is 0.389. The van der Waals surface area contributed by atoms with Crippen molar-refractivity contribution in [2.75, 3.05) is 0 Å². The summed E-state index contributed by atoms with van der Waals surface area (Å²) in [6, 6.07) is 6.37. The molecule has 0 saturated heterocycles. The maximum absolute atomic E-state index is 14.5. The van der Waals surface area contributed by atoms with E-state index >= 15 is 0 Å². The molecule has 27 heavy (non-hydrogen) atoms. The molecular weight excluding hydrogens is 372 g/mol. The number of amidine groups is 1. The maximum Gasteiger partial charge on any atom is 0.257 e. The number of amides is 1. The number of aryl methyl sites for hydroxylation is 1. The molecule has 2 aromatic carbocycles. The zero-order chi connectivity index (χ0) is 19.7. The lowest BCUT2D eigenvalue weighted by atomic mass is 9.95. The molecule has 1 heterocycles. The zero-order valence-corrected chi connectivity index (χ0v) is 14.8. The first kappa shape index (κ1) is 18.5. The first-order valence-electron chi connectivity index (χ1n) is 7.72. The van der Waals surface area contributed by atoms with Gasteiger partial charge < -0.3 is 0 Å². The molecule has 1 amide bonds. The van der Waals surface area contributed by atoms with Gasteiger partial charge in [-0.05, 0) is 48.2 Å². The van der Waals surface area contributed by atoms with E-state index < -0.39 is 17.5 Å². The summed E-state index contributed by atoms with van der Waals surface area (Å²) in [6.07, 6.45) is 6.61. The van der Waals surface area contributed by atoms with Crippen LogP contribution in [0.2, 0.25) is 5.02 Å². The van der Waals surface area contributed by atoms with Crippen molar-refractivity contribution in [3.63, 3.8) is 0 Å². The Bertz CT molecular complexity index is 1130. The minimum atomic E-state index is -0.820. The van der Waals surface area contributed by atoms with Crippen LogP contribution >= 0.6 is 11.6 Å². The number of carbonyl (C=O) groups is 1. The molecule has 4 nitrogen and oxygen atoms in total. The summed E-state index contributed by atoms with van der Waals surface area (Å²) in [7, 11) is 0. The number of hydrogen-bond donors (Lipinski definition) is 2. The third-order valence-electron chi connectivity index (χ3n) is 3.96. The number of carbonyl (C=O) groups excluding carboxylic acids is 1. The largest absolute Gasteiger partial charge is 0.300 e. The Kier molecular flexibility index (Phi) is 4.89. The Morgan fingerprint density at radius 2 is 2.00 bits per heavy atom. The van der Waals surface area contributed by atoms with Gasteiger partial charge in [0, 0.05) is 28.8 Å². The van der Waals surface area contributed by atoms with Gasteiger partial charge >= 0.3 is 0 Å². The fourth-order valence-electron chi connectivity index (χ4n) is 2.77. The molecule has 0 atom stereocenters. The van der Waals surface area contributed by atoms with Crippen molar-refractivity contribution in [3.05, 3.63) is 64.3 Å². The summed E-state index contributed by atoms with van der Waals surface area (Å²) >= 11 is 6.10. The molecule has 0 radical (unpaired) electrons. The fraction of sp³-hybridized carbons (Fsp3) is 0.0500. The molecule has 3 rings (SSSR count). The normalized spacial score (nSPS) is 10.5. The maximum atomic E-state index is 14.5. The van der Waals surface area contributed by atoms with Crippen LogP contribution < -0.4 is 5.32 Å². The molecule has 7 heteroatoms. The summed E-state index contributed by atoms with van der Waals surface area (Å²) < 4.78 is 27.9. The average Bonchev–Trinajstić information content (AvgIpc) is 2.62. The Morgan fingerprint density at radius 3 is 2.67 bits per heavy atom. The number of rotatable bonds is 2. The topological polar surface area (TPSA) is 65.8 Å². The van der Waals surface area contributed by atoms with Gasteiger partial charge in [0.25, 0.3) is 5.91 Å². The number of fused-ring (bicyclic) bond motifs is 1. The van der Waals surface area contributed by atoms with E-state index in [1.807, 2.05) is 5.92 Å². The van der Waals surface area contributed by atoms with Crippen LogP contribution in [0.1, 0.15) is 15.9 Å². The summed E-state index contributed by atoms with van der Waals surface area (Å²) in [5.74, 6) is -0.566. The van der Waals surface area contributed by atoms with Crippen LogP contribution in [-0.4, -0.2) is 16.7 Å². The molecule has 1 aromatic heterocycles. The second kappa shape index (κ2) is 7.14. The zero-order valence-electron chi connectivity index (χ0n) is 14.0. The third kappa shape index (κ3) is 3.50. The number of terminal acetylenes is 1. The molecule has 0 spiro atoms. The van der Waals surface area contributed by atoms with Crippen molar-refractivity contribution in [2.24, 2.45) is 0 Å². The molecule has 0 saturated carbocycles. The monoisotopic (exact) mass is 383 g/mol. The predicted octanol–water partition coefficient (Wildman–Crippen LogP) is 4.48. The van der Waals surface area contributed by atoms with E-state index in [-0.39, 0.29) is 22.0 Å². The SMILES string of the molecule is C#CC(=N)NC(=O)c1ccc2ncc(C)c(-c3c(F)cc(F)cc3Cl)c2c1. The van der Waals surface area contributed by atoms with E-state index in [0.29, 0.717) is 22.0 Å². The van der Waals surface area contributed by atoms with Gasteiger partial charge in [0.15, 0.2) is 5.84 Å². The van der Waals surface area contributed by atoms with Crippen molar-refractivity contribution in [1.29, 1.82) is 5.41 Å². The minimum Gasteiger partial charge on any atom is -0.300 e. The van der Waals surface area contributed by atoms with E-state index in [4.69, 9.17) is 23.4 Å². The highest BCUT2D eigenvalue weighted by Crippen LogP contribution is 2.38. The number of nitrogens with zero attached hydrogens (tertiary/aromatic N) is 1. The number of hydrogen-bond acceptors (Lipinski definition) is 3. The lowest BCUT2D eigenvalue weighted by Gasteiger charge is -2.14. The van der Waals surface area contributed by atoms with Crippen molar-refractivity contribution in [1.82, 2.24) is 10.3 Å².